The molecule has 0 bridgehead atoms. The average molecular weight is 143 g/mol. The predicted molar refractivity (Wildman–Crippen MR) is 18.7 cm³/mol. The van der Waals surface area contributed by atoms with Gasteiger partial charge < -0.3 is 0 Å². The molecule has 0 amide bonds. The molecule has 0 N–H and O–H groups in total. The summed E-state index contributed by atoms with van der Waals surface area (Å²) in [5.74, 6) is 0. The van der Waals surface area contributed by atoms with Crippen LogP contribution in [-0.4, -0.2) is 79.7 Å². The molecule has 0 aromatic heterocycles. The first-order chi connectivity index (χ1) is 0. The molecular formula is HAlKSiTi. The van der Waals surface area contributed by atoms with Gasteiger partial charge in [-0.05, 0) is 0 Å². The molecule has 13 valence electrons. The molecular weight excluding hydrogens is 142 g/mol. The summed E-state index contributed by atoms with van der Waals surface area (Å²) in [6.45, 7) is 0. The van der Waals surface area contributed by atoms with Gasteiger partial charge in [-0.1, -0.05) is 0 Å². The zero-order valence-corrected chi connectivity index (χ0v) is 5.29. The summed E-state index contributed by atoms with van der Waals surface area (Å²) >= 11 is 0. The van der Waals surface area contributed by atoms with Crippen molar-refractivity contribution >= 4 is 79.7 Å². The summed E-state index contributed by atoms with van der Waals surface area (Å²) in [5, 5.41) is 0. The quantitative estimate of drug-likeness (QED) is 0.365. The third-order valence-electron chi connectivity index (χ3n) is 0. The van der Waals surface area contributed by atoms with E-state index >= 15 is 0 Å². The SMILES string of the molecule is [Al].[KH].[Si].[Ti]. The Morgan fingerprint density at radius 3 is 1.00 bits per heavy atom. The van der Waals surface area contributed by atoms with Crippen molar-refractivity contribution in [2.45, 2.75) is 0 Å². The topological polar surface area (TPSA) is 0 Å². The summed E-state index contributed by atoms with van der Waals surface area (Å²) in [6, 6.07) is 0. The van der Waals surface area contributed by atoms with Crippen LogP contribution in [0.15, 0.2) is 0 Å². The molecule has 4 heavy (non-hydrogen) atoms. The Labute approximate surface area is 98.9 Å². The van der Waals surface area contributed by atoms with E-state index in [0.717, 1.165) is 0 Å². The van der Waals surface area contributed by atoms with Crippen molar-refractivity contribution in [2.24, 2.45) is 0 Å². The fourth-order valence-electron chi connectivity index (χ4n) is 0. The summed E-state index contributed by atoms with van der Waals surface area (Å²) in [7, 11) is 0. The number of rotatable bonds is 0. The van der Waals surface area contributed by atoms with E-state index in [0.29, 0.717) is 0 Å². The van der Waals surface area contributed by atoms with Gasteiger partial charge in [0.25, 0.3) is 0 Å². The van der Waals surface area contributed by atoms with Gasteiger partial charge in [0.15, 0.2) is 0 Å². The van der Waals surface area contributed by atoms with Crippen molar-refractivity contribution < 1.29 is 21.7 Å². The van der Waals surface area contributed by atoms with Gasteiger partial charge in [0.1, 0.15) is 0 Å². The fourth-order valence-corrected chi connectivity index (χ4v) is 0. The minimum absolute atomic E-state index is 0. The van der Waals surface area contributed by atoms with Gasteiger partial charge in [0.2, 0.25) is 0 Å². The molecule has 4 heteroatoms. The van der Waals surface area contributed by atoms with Gasteiger partial charge in [-0.25, -0.2) is 0 Å². The second-order valence-corrected chi connectivity index (χ2v) is 0. The van der Waals surface area contributed by atoms with Gasteiger partial charge in [-0.15, -0.1) is 0 Å². The monoisotopic (exact) mass is 143 g/mol. The molecule has 0 saturated carbocycles. The van der Waals surface area contributed by atoms with E-state index in [-0.39, 0.29) is 101 Å². The van der Waals surface area contributed by atoms with E-state index in [4.69, 9.17) is 0 Å². The normalized spacial score (nSPS) is 0. The van der Waals surface area contributed by atoms with E-state index in [1.54, 1.807) is 0 Å². The van der Waals surface area contributed by atoms with Crippen LogP contribution >= 0.6 is 0 Å². The molecule has 0 rings (SSSR count). The van der Waals surface area contributed by atoms with Crippen molar-refractivity contribution in [2.75, 3.05) is 0 Å². The first kappa shape index (κ1) is 27.5. The van der Waals surface area contributed by atoms with Gasteiger partial charge >= 0.3 is 51.4 Å². The molecule has 0 aliphatic heterocycles. The van der Waals surface area contributed by atoms with Crippen LogP contribution in [0.1, 0.15) is 0 Å². The van der Waals surface area contributed by atoms with Crippen LogP contribution in [0, 0.1) is 0 Å². The minimum Gasteiger partial charge on any atom is 0 e. The summed E-state index contributed by atoms with van der Waals surface area (Å²) in [4.78, 5) is 0. The molecule has 0 aromatic carbocycles. The Hall–Kier alpha value is 3.10. The molecule has 0 fully saturated rings. The maximum atomic E-state index is 0. The van der Waals surface area contributed by atoms with Crippen LogP contribution < -0.4 is 0 Å². The third-order valence-corrected chi connectivity index (χ3v) is 0. The molecule has 0 unspecified atom stereocenters. The van der Waals surface area contributed by atoms with E-state index in [9.17, 15) is 0 Å². The smallest absolute Gasteiger partial charge is 0 e. The Kier molecular flexibility index (Phi) is 113. The van der Waals surface area contributed by atoms with Gasteiger partial charge in [0, 0.05) is 50.0 Å². The summed E-state index contributed by atoms with van der Waals surface area (Å²) in [6.07, 6.45) is 0. The Bertz CT molecular complexity index is 8.00. The fraction of sp³-hybridized carbons (Fsp3) is 0. The summed E-state index contributed by atoms with van der Waals surface area (Å²) in [5.41, 5.74) is 0. The molecule has 7 radical (unpaired) electrons. The van der Waals surface area contributed by atoms with E-state index in [2.05, 4.69) is 0 Å². The second-order valence-electron chi connectivity index (χ2n) is 0. The van der Waals surface area contributed by atoms with Crippen molar-refractivity contribution in [3.8, 4) is 0 Å². The first-order valence-electron chi connectivity index (χ1n) is 0. The molecule has 0 aliphatic carbocycles. The van der Waals surface area contributed by atoms with E-state index in [1.807, 2.05) is 0 Å². The Morgan fingerprint density at radius 1 is 1.00 bits per heavy atom. The first-order valence-corrected chi connectivity index (χ1v) is 0. The Morgan fingerprint density at radius 2 is 1.00 bits per heavy atom. The van der Waals surface area contributed by atoms with Crippen LogP contribution in [-0.2, 0) is 21.7 Å². The molecule has 0 aliphatic rings. The Balaban J connectivity index is 0. The molecule has 0 saturated heterocycles. The maximum Gasteiger partial charge on any atom is 0 e. The van der Waals surface area contributed by atoms with E-state index in [1.165, 1.54) is 0 Å². The average Bonchev–Trinajstić information content (AvgIpc) is 0. The molecule has 0 aromatic rings. The van der Waals surface area contributed by atoms with Crippen molar-refractivity contribution in [1.82, 2.24) is 0 Å². The molecule has 0 spiro atoms. The van der Waals surface area contributed by atoms with Crippen LogP contribution in [0.5, 0.6) is 0 Å². The van der Waals surface area contributed by atoms with Crippen LogP contribution in [0.25, 0.3) is 0 Å². The largest absolute Gasteiger partial charge is 0 e. The molecule has 0 heterocycles. The predicted octanol–water partition coefficient (Wildman–Crippen LogP) is -1.41. The number of hydrogen-bond acceptors (Lipinski definition) is 0. The van der Waals surface area contributed by atoms with E-state index < -0.39 is 0 Å². The van der Waals surface area contributed by atoms with Crippen molar-refractivity contribution in [3.05, 3.63) is 0 Å². The van der Waals surface area contributed by atoms with Crippen LogP contribution in [0.4, 0.5) is 0 Å². The second kappa shape index (κ2) is 16.5. The van der Waals surface area contributed by atoms with Gasteiger partial charge in [0.05, 0.1) is 0 Å². The maximum absolute atomic E-state index is 0. The van der Waals surface area contributed by atoms with Crippen LogP contribution in [0.3, 0.4) is 0 Å². The molecule has 0 atom stereocenters. The van der Waals surface area contributed by atoms with Gasteiger partial charge in [-0.3, -0.25) is 0 Å². The van der Waals surface area contributed by atoms with Crippen molar-refractivity contribution in [3.63, 3.8) is 0 Å². The summed E-state index contributed by atoms with van der Waals surface area (Å²) < 4.78 is 0. The van der Waals surface area contributed by atoms with Gasteiger partial charge in [-0.2, -0.15) is 0 Å². The third kappa shape index (κ3) is 8.92. The zero-order chi connectivity index (χ0) is 0. The zero-order valence-electron chi connectivity index (χ0n) is 1.58. The standard InChI is InChI=1S/Al.K.Si.Ti.H. The van der Waals surface area contributed by atoms with Crippen molar-refractivity contribution in [1.29, 1.82) is 0 Å². The minimum atomic E-state index is 0. The molecule has 0 nitrogen and oxygen atoms in total. The van der Waals surface area contributed by atoms with Crippen LogP contribution in [0.2, 0.25) is 0 Å². The number of hydrogen-bond donors (Lipinski definition) is 0.